The minimum Gasteiger partial charge on any atom is -0.481 e. The van der Waals surface area contributed by atoms with E-state index in [1.807, 2.05) is 44.2 Å². The van der Waals surface area contributed by atoms with Crippen LogP contribution in [0.5, 0.6) is 0 Å². The Balaban J connectivity index is 1.99. The highest BCUT2D eigenvalue weighted by Crippen LogP contribution is 2.32. The van der Waals surface area contributed by atoms with Crippen LogP contribution in [-0.2, 0) is 4.79 Å². The number of hydrogen-bond donors (Lipinski definition) is 2. The number of carboxylic acid groups (broad SMARTS) is 1. The van der Waals surface area contributed by atoms with Crippen molar-refractivity contribution in [3.63, 3.8) is 0 Å². The van der Waals surface area contributed by atoms with E-state index in [9.17, 15) is 9.90 Å². The Hall–Kier alpha value is -2.21. The molecule has 1 fully saturated rings. The molecule has 6 nitrogen and oxygen atoms in total. The average molecular weight is 356 g/mol. The predicted octanol–water partition coefficient (Wildman–Crippen LogP) is 2.58. The van der Waals surface area contributed by atoms with Gasteiger partial charge >= 0.3 is 5.97 Å². The van der Waals surface area contributed by atoms with E-state index in [0.29, 0.717) is 6.42 Å². The minimum absolute atomic E-state index is 0.245. The molecule has 3 atom stereocenters. The SMILES string of the molecule is CCCC(C(=O)O)C1C(C)=NC(c2ccccc2)N=C1N1CCNCC1. The molecule has 2 aliphatic heterocycles. The number of aliphatic carboxylic acids is 1. The largest absolute Gasteiger partial charge is 0.481 e. The minimum atomic E-state index is -0.757. The summed E-state index contributed by atoms with van der Waals surface area (Å²) in [5, 5.41) is 13.2. The molecular weight excluding hydrogens is 328 g/mol. The van der Waals surface area contributed by atoms with Gasteiger partial charge in [-0.1, -0.05) is 43.7 Å². The summed E-state index contributed by atoms with van der Waals surface area (Å²) < 4.78 is 0. The van der Waals surface area contributed by atoms with Crippen molar-refractivity contribution in [1.82, 2.24) is 10.2 Å². The highest BCUT2D eigenvalue weighted by Gasteiger charge is 2.39. The van der Waals surface area contributed by atoms with Crippen molar-refractivity contribution in [3.05, 3.63) is 35.9 Å². The van der Waals surface area contributed by atoms with Gasteiger partial charge in [-0.25, -0.2) is 4.99 Å². The fourth-order valence-electron chi connectivity index (χ4n) is 3.86. The molecule has 26 heavy (non-hydrogen) atoms. The van der Waals surface area contributed by atoms with Crippen molar-refractivity contribution in [2.45, 2.75) is 32.9 Å². The summed E-state index contributed by atoms with van der Waals surface area (Å²) in [7, 11) is 0. The Labute approximate surface area is 155 Å². The molecule has 0 spiro atoms. The maximum absolute atomic E-state index is 12.0. The first kappa shape index (κ1) is 18.6. The number of nitrogens with zero attached hydrogens (tertiary/aromatic N) is 3. The number of amidine groups is 1. The Morgan fingerprint density at radius 1 is 1.27 bits per heavy atom. The lowest BCUT2D eigenvalue weighted by Crippen LogP contribution is -2.52. The van der Waals surface area contributed by atoms with Gasteiger partial charge in [-0.05, 0) is 18.9 Å². The van der Waals surface area contributed by atoms with Crippen LogP contribution in [0.3, 0.4) is 0 Å². The molecule has 1 saturated heterocycles. The fraction of sp³-hybridized carbons (Fsp3) is 0.550. The van der Waals surface area contributed by atoms with Crippen LogP contribution in [-0.4, -0.2) is 53.7 Å². The molecule has 0 saturated carbocycles. The van der Waals surface area contributed by atoms with E-state index in [1.165, 1.54) is 0 Å². The first-order valence-corrected chi connectivity index (χ1v) is 9.47. The lowest BCUT2D eigenvalue weighted by Gasteiger charge is -2.39. The van der Waals surface area contributed by atoms with E-state index in [-0.39, 0.29) is 12.1 Å². The van der Waals surface area contributed by atoms with E-state index >= 15 is 0 Å². The quantitative estimate of drug-likeness (QED) is 0.850. The van der Waals surface area contributed by atoms with Crippen molar-refractivity contribution >= 4 is 17.5 Å². The Morgan fingerprint density at radius 3 is 2.58 bits per heavy atom. The molecule has 0 aromatic heterocycles. The highest BCUT2D eigenvalue weighted by atomic mass is 16.4. The molecule has 2 heterocycles. The number of piperazine rings is 1. The molecular formula is C20H28N4O2. The van der Waals surface area contributed by atoms with Gasteiger partial charge in [-0.15, -0.1) is 0 Å². The lowest BCUT2D eigenvalue weighted by atomic mass is 9.82. The second kappa shape index (κ2) is 8.45. The molecule has 2 N–H and O–H groups in total. The zero-order valence-electron chi connectivity index (χ0n) is 15.6. The number of hydrogen-bond acceptors (Lipinski definition) is 5. The van der Waals surface area contributed by atoms with Gasteiger partial charge in [0, 0.05) is 31.9 Å². The van der Waals surface area contributed by atoms with Crippen molar-refractivity contribution in [2.75, 3.05) is 26.2 Å². The number of aliphatic imine (C=N–C) groups is 2. The molecule has 0 aliphatic carbocycles. The lowest BCUT2D eigenvalue weighted by molar-refractivity contribution is -0.142. The second-order valence-electron chi connectivity index (χ2n) is 6.99. The van der Waals surface area contributed by atoms with Gasteiger partial charge in [0.25, 0.3) is 0 Å². The Morgan fingerprint density at radius 2 is 1.96 bits per heavy atom. The fourth-order valence-corrected chi connectivity index (χ4v) is 3.86. The van der Waals surface area contributed by atoms with Crippen molar-refractivity contribution < 1.29 is 9.90 Å². The van der Waals surface area contributed by atoms with E-state index < -0.39 is 11.9 Å². The summed E-state index contributed by atoms with van der Waals surface area (Å²) in [5.74, 6) is -0.583. The average Bonchev–Trinajstić information content (AvgIpc) is 2.67. The third kappa shape index (κ3) is 3.96. The van der Waals surface area contributed by atoms with Crippen LogP contribution in [0, 0.1) is 11.8 Å². The van der Waals surface area contributed by atoms with Crippen LogP contribution in [0.4, 0.5) is 0 Å². The van der Waals surface area contributed by atoms with Gasteiger partial charge in [0.2, 0.25) is 0 Å². The summed E-state index contributed by atoms with van der Waals surface area (Å²) in [6.07, 6.45) is 1.18. The number of rotatable bonds is 5. The maximum atomic E-state index is 12.0. The predicted molar refractivity (Wildman–Crippen MR) is 104 cm³/mol. The van der Waals surface area contributed by atoms with Crippen molar-refractivity contribution in [1.29, 1.82) is 0 Å². The Kier molecular flexibility index (Phi) is 6.04. The van der Waals surface area contributed by atoms with Gasteiger partial charge < -0.3 is 15.3 Å². The van der Waals surface area contributed by atoms with Gasteiger partial charge in [-0.3, -0.25) is 9.79 Å². The van der Waals surface area contributed by atoms with Crippen LogP contribution in [0.25, 0.3) is 0 Å². The summed E-state index contributed by atoms with van der Waals surface area (Å²) in [4.78, 5) is 24.0. The zero-order chi connectivity index (χ0) is 18.5. The first-order valence-electron chi connectivity index (χ1n) is 9.47. The smallest absolute Gasteiger partial charge is 0.307 e. The third-order valence-corrected chi connectivity index (χ3v) is 5.17. The van der Waals surface area contributed by atoms with Gasteiger partial charge in [-0.2, -0.15) is 0 Å². The second-order valence-corrected chi connectivity index (χ2v) is 6.99. The Bertz CT molecular complexity index is 680. The summed E-state index contributed by atoms with van der Waals surface area (Å²) in [6.45, 7) is 7.47. The van der Waals surface area contributed by atoms with Crippen LogP contribution in [0.15, 0.2) is 40.3 Å². The molecule has 0 amide bonds. The number of benzene rings is 1. The third-order valence-electron chi connectivity index (χ3n) is 5.17. The summed E-state index contributed by atoms with van der Waals surface area (Å²) >= 11 is 0. The topological polar surface area (TPSA) is 77.3 Å². The summed E-state index contributed by atoms with van der Waals surface area (Å²) in [5.41, 5.74) is 1.92. The molecule has 3 rings (SSSR count). The molecule has 2 aliphatic rings. The van der Waals surface area contributed by atoms with E-state index in [1.54, 1.807) is 0 Å². The summed E-state index contributed by atoms with van der Waals surface area (Å²) in [6, 6.07) is 10.0. The van der Waals surface area contributed by atoms with Crippen molar-refractivity contribution in [3.8, 4) is 0 Å². The number of carbonyl (C=O) groups is 1. The standard InChI is InChI=1S/C20H28N4O2/c1-3-7-16(20(25)26)17-14(2)22-18(15-8-5-4-6-9-15)23-19(17)24-12-10-21-11-13-24/h4-6,8-9,16-18,21H,3,7,10-13H2,1-2H3,(H,25,26). The number of nitrogens with one attached hydrogen (secondary N) is 1. The zero-order valence-corrected chi connectivity index (χ0v) is 15.6. The normalized spacial score (nSPS) is 24.6. The number of carboxylic acids is 1. The molecule has 1 aromatic carbocycles. The monoisotopic (exact) mass is 356 g/mol. The molecule has 3 unspecified atom stereocenters. The first-order chi connectivity index (χ1) is 12.6. The van der Waals surface area contributed by atoms with E-state index in [0.717, 1.165) is 49.7 Å². The molecule has 0 radical (unpaired) electrons. The van der Waals surface area contributed by atoms with Crippen LogP contribution >= 0.6 is 0 Å². The van der Waals surface area contributed by atoms with E-state index in [2.05, 4.69) is 10.2 Å². The highest BCUT2D eigenvalue weighted by molar-refractivity contribution is 6.09. The van der Waals surface area contributed by atoms with Crippen LogP contribution in [0.2, 0.25) is 0 Å². The molecule has 6 heteroatoms. The molecule has 1 aromatic rings. The van der Waals surface area contributed by atoms with Gasteiger partial charge in [0.05, 0.1) is 11.8 Å². The maximum Gasteiger partial charge on any atom is 0.307 e. The molecule has 0 bridgehead atoms. The molecule has 140 valence electrons. The van der Waals surface area contributed by atoms with Gasteiger partial charge in [0.15, 0.2) is 6.17 Å². The van der Waals surface area contributed by atoms with Crippen LogP contribution in [0.1, 0.15) is 38.4 Å². The van der Waals surface area contributed by atoms with E-state index in [4.69, 9.17) is 9.98 Å². The van der Waals surface area contributed by atoms with Crippen molar-refractivity contribution in [2.24, 2.45) is 21.8 Å². The van der Waals surface area contributed by atoms with Crippen LogP contribution < -0.4 is 5.32 Å². The van der Waals surface area contributed by atoms with Gasteiger partial charge in [0.1, 0.15) is 5.84 Å².